The molecular formula is C27H32N2O3. The van der Waals surface area contributed by atoms with E-state index >= 15 is 0 Å². The van der Waals surface area contributed by atoms with Crippen LogP contribution in [-0.4, -0.2) is 12.0 Å². The maximum absolute atomic E-state index is 11.9. The van der Waals surface area contributed by atoms with E-state index < -0.39 is 0 Å². The first-order valence-corrected chi connectivity index (χ1v) is 10.7. The van der Waals surface area contributed by atoms with Crippen molar-refractivity contribution in [1.82, 2.24) is 0 Å². The SMILES string of the molecule is COc1ccccc1Nc1ccc(-c2cc(C(C)(C)C)cc(C(C)(C)C)c2)cc1[N+](=O)[O-]. The maximum atomic E-state index is 11.9. The number of ether oxygens (including phenoxy) is 1. The highest BCUT2D eigenvalue weighted by atomic mass is 16.6. The van der Waals surface area contributed by atoms with Crippen LogP contribution in [0.25, 0.3) is 11.1 Å². The minimum atomic E-state index is -0.348. The molecule has 0 aromatic heterocycles. The molecule has 0 spiro atoms. The monoisotopic (exact) mass is 432 g/mol. The van der Waals surface area contributed by atoms with Gasteiger partial charge < -0.3 is 10.1 Å². The number of rotatable bonds is 5. The zero-order chi connectivity index (χ0) is 23.7. The summed E-state index contributed by atoms with van der Waals surface area (Å²) in [5.41, 5.74) is 5.26. The maximum Gasteiger partial charge on any atom is 0.293 e. The molecular weight excluding hydrogens is 400 g/mol. The normalized spacial score (nSPS) is 11.8. The molecule has 1 N–H and O–H groups in total. The Bertz CT molecular complexity index is 1110. The van der Waals surface area contributed by atoms with Gasteiger partial charge in [-0.3, -0.25) is 10.1 Å². The number of hydrogen-bond donors (Lipinski definition) is 1. The zero-order valence-electron chi connectivity index (χ0n) is 19.9. The average molecular weight is 433 g/mol. The van der Waals surface area contributed by atoms with Gasteiger partial charge in [-0.05, 0) is 51.3 Å². The van der Waals surface area contributed by atoms with Gasteiger partial charge in [-0.1, -0.05) is 77.9 Å². The molecule has 0 atom stereocenters. The highest BCUT2D eigenvalue weighted by Gasteiger charge is 2.22. The number of nitro groups is 1. The van der Waals surface area contributed by atoms with E-state index in [1.54, 1.807) is 19.2 Å². The third-order valence-electron chi connectivity index (χ3n) is 5.57. The molecule has 168 valence electrons. The van der Waals surface area contributed by atoms with Crippen molar-refractivity contribution in [3.05, 3.63) is 81.9 Å². The first-order chi connectivity index (χ1) is 14.9. The van der Waals surface area contributed by atoms with Gasteiger partial charge in [0.15, 0.2) is 0 Å². The van der Waals surface area contributed by atoms with Crippen molar-refractivity contribution in [1.29, 1.82) is 0 Å². The molecule has 0 saturated carbocycles. The summed E-state index contributed by atoms with van der Waals surface area (Å²) in [4.78, 5) is 11.6. The molecule has 32 heavy (non-hydrogen) atoms. The molecule has 0 bridgehead atoms. The number of nitro benzene ring substituents is 1. The van der Waals surface area contributed by atoms with Crippen molar-refractivity contribution in [2.45, 2.75) is 52.4 Å². The smallest absolute Gasteiger partial charge is 0.293 e. The lowest BCUT2D eigenvalue weighted by molar-refractivity contribution is -0.383. The van der Waals surface area contributed by atoms with Crippen LogP contribution in [0.2, 0.25) is 0 Å². The summed E-state index contributed by atoms with van der Waals surface area (Å²) >= 11 is 0. The van der Waals surface area contributed by atoms with Gasteiger partial charge >= 0.3 is 0 Å². The largest absolute Gasteiger partial charge is 0.495 e. The summed E-state index contributed by atoms with van der Waals surface area (Å²) in [6.45, 7) is 13.1. The van der Waals surface area contributed by atoms with Crippen LogP contribution in [0.15, 0.2) is 60.7 Å². The van der Waals surface area contributed by atoms with Crippen LogP contribution < -0.4 is 10.1 Å². The van der Waals surface area contributed by atoms with Crippen molar-refractivity contribution >= 4 is 17.1 Å². The summed E-state index contributed by atoms with van der Waals surface area (Å²) in [5, 5.41) is 15.1. The number of hydrogen-bond acceptors (Lipinski definition) is 4. The van der Waals surface area contributed by atoms with E-state index in [0.717, 1.165) is 11.1 Å². The van der Waals surface area contributed by atoms with Crippen LogP contribution in [0.1, 0.15) is 52.7 Å². The Balaban J connectivity index is 2.12. The standard InChI is InChI=1S/C27H32N2O3/c1-26(2,3)20-14-19(15-21(17-20)27(4,5)6)18-12-13-22(24(16-18)29(30)31)28-23-10-8-9-11-25(23)32-7/h8-17,28H,1-7H3. The van der Waals surface area contributed by atoms with Crippen molar-refractivity contribution in [2.24, 2.45) is 0 Å². The quantitative estimate of drug-likeness (QED) is 0.333. The van der Waals surface area contributed by atoms with E-state index in [-0.39, 0.29) is 21.4 Å². The second kappa shape index (κ2) is 8.65. The van der Waals surface area contributed by atoms with Gasteiger partial charge in [0.1, 0.15) is 11.4 Å². The fourth-order valence-corrected chi connectivity index (χ4v) is 3.52. The van der Waals surface area contributed by atoms with E-state index in [2.05, 4.69) is 65.1 Å². The molecule has 0 aliphatic carbocycles. The van der Waals surface area contributed by atoms with E-state index in [1.165, 1.54) is 11.1 Å². The van der Waals surface area contributed by atoms with Gasteiger partial charge in [-0.2, -0.15) is 0 Å². The fourth-order valence-electron chi connectivity index (χ4n) is 3.52. The van der Waals surface area contributed by atoms with Crippen molar-refractivity contribution < 1.29 is 9.66 Å². The second-order valence-corrected chi connectivity index (χ2v) is 10.1. The van der Waals surface area contributed by atoms with Crippen LogP contribution in [0, 0.1) is 10.1 Å². The molecule has 0 amide bonds. The molecule has 3 aromatic carbocycles. The lowest BCUT2D eigenvalue weighted by atomic mass is 9.79. The number of benzene rings is 3. The van der Waals surface area contributed by atoms with Crippen molar-refractivity contribution in [3.63, 3.8) is 0 Å². The number of anilines is 2. The lowest BCUT2D eigenvalue weighted by Gasteiger charge is -2.26. The fraction of sp³-hybridized carbons (Fsp3) is 0.333. The zero-order valence-corrected chi connectivity index (χ0v) is 19.9. The van der Waals surface area contributed by atoms with E-state index in [9.17, 15) is 10.1 Å². The minimum Gasteiger partial charge on any atom is -0.495 e. The number of nitrogens with one attached hydrogen (secondary N) is 1. The summed E-state index contributed by atoms with van der Waals surface area (Å²) in [7, 11) is 1.58. The third kappa shape index (κ3) is 5.10. The van der Waals surface area contributed by atoms with E-state index in [0.29, 0.717) is 17.1 Å². The summed E-state index contributed by atoms with van der Waals surface area (Å²) in [6, 6.07) is 19.2. The molecule has 0 aliphatic rings. The Hall–Kier alpha value is -3.34. The molecule has 3 aromatic rings. The molecule has 3 rings (SSSR count). The Morgan fingerprint density at radius 2 is 1.38 bits per heavy atom. The Morgan fingerprint density at radius 1 is 0.781 bits per heavy atom. The second-order valence-electron chi connectivity index (χ2n) is 10.1. The first kappa shape index (κ1) is 23.3. The van der Waals surface area contributed by atoms with Gasteiger partial charge in [0.05, 0.1) is 17.7 Å². The predicted octanol–water partition coefficient (Wildman–Crippen LogP) is 7.61. The number of nitrogens with zero attached hydrogens (tertiary/aromatic N) is 1. The van der Waals surface area contributed by atoms with Crippen LogP contribution in [-0.2, 0) is 10.8 Å². The van der Waals surface area contributed by atoms with Gasteiger partial charge in [0.2, 0.25) is 0 Å². The summed E-state index contributed by atoms with van der Waals surface area (Å²) in [6.07, 6.45) is 0. The Morgan fingerprint density at radius 3 is 1.91 bits per heavy atom. The Kier molecular flexibility index (Phi) is 6.31. The summed E-state index contributed by atoms with van der Waals surface area (Å²) < 4.78 is 5.37. The van der Waals surface area contributed by atoms with Crippen LogP contribution >= 0.6 is 0 Å². The van der Waals surface area contributed by atoms with Gasteiger partial charge in [0.25, 0.3) is 5.69 Å². The van der Waals surface area contributed by atoms with Gasteiger partial charge in [-0.25, -0.2) is 0 Å². The highest BCUT2D eigenvalue weighted by molar-refractivity contribution is 5.78. The van der Waals surface area contributed by atoms with Gasteiger partial charge in [-0.15, -0.1) is 0 Å². The lowest BCUT2D eigenvalue weighted by Crippen LogP contribution is -2.16. The molecule has 0 radical (unpaired) electrons. The summed E-state index contributed by atoms with van der Waals surface area (Å²) in [5.74, 6) is 0.624. The molecule has 5 heteroatoms. The molecule has 0 saturated heterocycles. The van der Waals surface area contributed by atoms with E-state index in [1.807, 2.05) is 30.3 Å². The van der Waals surface area contributed by atoms with Crippen LogP contribution in [0.3, 0.4) is 0 Å². The third-order valence-corrected chi connectivity index (χ3v) is 5.57. The van der Waals surface area contributed by atoms with Crippen LogP contribution in [0.5, 0.6) is 5.75 Å². The van der Waals surface area contributed by atoms with Crippen LogP contribution in [0.4, 0.5) is 17.1 Å². The molecule has 0 aliphatic heterocycles. The molecule has 5 nitrogen and oxygen atoms in total. The van der Waals surface area contributed by atoms with Crippen molar-refractivity contribution in [2.75, 3.05) is 12.4 Å². The predicted molar refractivity (Wildman–Crippen MR) is 132 cm³/mol. The minimum absolute atomic E-state index is 0.0203. The molecule has 0 fully saturated rings. The van der Waals surface area contributed by atoms with Crippen molar-refractivity contribution in [3.8, 4) is 16.9 Å². The van der Waals surface area contributed by atoms with E-state index in [4.69, 9.17) is 4.74 Å². The first-order valence-electron chi connectivity index (χ1n) is 10.7. The van der Waals surface area contributed by atoms with Gasteiger partial charge in [0, 0.05) is 6.07 Å². The topological polar surface area (TPSA) is 64.4 Å². The molecule has 0 unspecified atom stereocenters. The number of para-hydroxylation sites is 2. The highest BCUT2D eigenvalue weighted by Crippen LogP contribution is 2.38. The molecule has 0 heterocycles. The number of methoxy groups -OCH3 is 1. The average Bonchev–Trinajstić information content (AvgIpc) is 2.72. The Labute approximate surface area is 190 Å².